The highest BCUT2D eigenvalue weighted by Crippen LogP contribution is 2.36. The van der Waals surface area contributed by atoms with E-state index in [4.69, 9.17) is 15.2 Å². The van der Waals surface area contributed by atoms with Crippen LogP contribution in [0.25, 0.3) is 0 Å². The van der Waals surface area contributed by atoms with Gasteiger partial charge in [-0.25, -0.2) is 0 Å². The molecule has 0 saturated carbocycles. The van der Waals surface area contributed by atoms with E-state index in [1.165, 1.54) is 0 Å². The molecule has 1 amide bonds. The third kappa shape index (κ3) is 3.39. The van der Waals surface area contributed by atoms with Gasteiger partial charge in [-0.2, -0.15) is 0 Å². The van der Waals surface area contributed by atoms with Crippen LogP contribution in [-0.4, -0.2) is 32.8 Å². The molecule has 3 N–H and O–H groups in total. The van der Waals surface area contributed by atoms with Gasteiger partial charge in [0.15, 0.2) is 0 Å². The molecule has 0 aromatic heterocycles. The number of anilines is 1. The summed E-state index contributed by atoms with van der Waals surface area (Å²) in [5.74, 6) is 0.575. The molecular formula is C15H21BrN2O3. The molecule has 1 heterocycles. The average molecular weight is 357 g/mol. The Morgan fingerprint density at radius 1 is 1.48 bits per heavy atom. The highest BCUT2D eigenvalue weighted by Gasteiger charge is 2.39. The number of benzene rings is 1. The van der Waals surface area contributed by atoms with Gasteiger partial charge >= 0.3 is 0 Å². The maximum absolute atomic E-state index is 12.7. The summed E-state index contributed by atoms with van der Waals surface area (Å²) < 4.78 is 11.6. The third-order valence-electron chi connectivity index (χ3n) is 4.04. The molecule has 1 aliphatic rings. The summed E-state index contributed by atoms with van der Waals surface area (Å²) in [6, 6.07) is 3.78. The van der Waals surface area contributed by atoms with E-state index < -0.39 is 5.41 Å². The van der Waals surface area contributed by atoms with Crippen LogP contribution < -0.4 is 15.8 Å². The van der Waals surface area contributed by atoms with Gasteiger partial charge in [-0.05, 0) is 37.5 Å². The second-order valence-electron chi connectivity index (χ2n) is 5.35. The summed E-state index contributed by atoms with van der Waals surface area (Å²) in [4.78, 5) is 12.7. The summed E-state index contributed by atoms with van der Waals surface area (Å²) >= 11 is 3.43. The molecule has 1 fully saturated rings. The Labute approximate surface area is 133 Å². The van der Waals surface area contributed by atoms with E-state index in [-0.39, 0.29) is 5.91 Å². The second-order valence-corrected chi connectivity index (χ2v) is 6.27. The molecule has 6 heteroatoms. The number of halogens is 1. The van der Waals surface area contributed by atoms with Crippen LogP contribution in [0, 0.1) is 12.3 Å². The van der Waals surface area contributed by atoms with Gasteiger partial charge in [0.1, 0.15) is 5.75 Å². The minimum absolute atomic E-state index is 0.0583. The lowest BCUT2D eigenvalue weighted by Gasteiger charge is -2.34. The number of ether oxygens (including phenoxy) is 2. The number of hydrogen-bond donors (Lipinski definition) is 2. The summed E-state index contributed by atoms with van der Waals surface area (Å²) in [5.41, 5.74) is 6.96. The van der Waals surface area contributed by atoms with Crippen LogP contribution in [0.5, 0.6) is 5.75 Å². The largest absolute Gasteiger partial charge is 0.495 e. The number of nitrogens with two attached hydrogens (primary N) is 1. The Morgan fingerprint density at radius 2 is 2.14 bits per heavy atom. The summed E-state index contributed by atoms with van der Waals surface area (Å²) in [6.45, 7) is 3.39. The van der Waals surface area contributed by atoms with Crippen LogP contribution in [-0.2, 0) is 9.53 Å². The van der Waals surface area contributed by atoms with Crippen molar-refractivity contribution in [3.05, 3.63) is 22.2 Å². The molecule has 5 nitrogen and oxygen atoms in total. The van der Waals surface area contributed by atoms with Gasteiger partial charge in [-0.1, -0.05) is 15.9 Å². The summed E-state index contributed by atoms with van der Waals surface area (Å²) in [5, 5.41) is 3.00. The summed E-state index contributed by atoms with van der Waals surface area (Å²) in [7, 11) is 1.59. The Balaban J connectivity index is 2.26. The Hall–Kier alpha value is -1.11. The number of methoxy groups -OCH3 is 1. The number of hydrogen-bond acceptors (Lipinski definition) is 4. The lowest BCUT2D eigenvalue weighted by Crippen LogP contribution is -2.46. The number of rotatable bonds is 4. The Morgan fingerprint density at radius 3 is 2.71 bits per heavy atom. The fraction of sp³-hybridized carbons (Fsp3) is 0.533. The average Bonchev–Trinajstić information content (AvgIpc) is 2.50. The molecule has 2 rings (SSSR count). The molecule has 116 valence electrons. The molecule has 1 aromatic carbocycles. The molecule has 1 saturated heterocycles. The van der Waals surface area contributed by atoms with Crippen molar-refractivity contribution >= 4 is 27.5 Å². The first-order chi connectivity index (χ1) is 10.0. The molecule has 1 aromatic rings. The Bertz CT molecular complexity index is 528. The number of amides is 1. The highest BCUT2D eigenvalue weighted by molar-refractivity contribution is 9.10. The van der Waals surface area contributed by atoms with E-state index in [0.29, 0.717) is 44.0 Å². The van der Waals surface area contributed by atoms with Crippen molar-refractivity contribution in [2.75, 3.05) is 32.2 Å². The van der Waals surface area contributed by atoms with Crippen molar-refractivity contribution in [3.8, 4) is 5.75 Å². The standard InChI is InChI=1S/C15H21BrN2O3/c1-10-7-11(16)8-12(20-2)13(10)18-14(19)15(9-17)3-5-21-6-4-15/h7-8H,3-6,9,17H2,1-2H3,(H,18,19). The van der Waals surface area contributed by atoms with E-state index >= 15 is 0 Å². The second kappa shape index (κ2) is 6.77. The van der Waals surface area contributed by atoms with Crippen LogP contribution in [0.1, 0.15) is 18.4 Å². The summed E-state index contributed by atoms with van der Waals surface area (Å²) in [6.07, 6.45) is 1.29. The number of carbonyl (C=O) groups excluding carboxylic acids is 1. The van der Waals surface area contributed by atoms with Crippen LogP contribution in [0.15, 0.2) is 16.6 Å². The SMILES string of the molecule is COc1cc(Br)cc(C)c1NC(=O)C1(CN)CCOCC1. The molecule has 0 spiro atoms. The fourth-order valence-electron chi connectivity index (χ4n) is 2.57. The molecule has 0 unspecified atom stereocenters. The quantitative estimate of drug-likeness (QED) is 0.868. The van der Waals surface area contributed by atoms with E-state index in [2.05, 4.69) is 21.2 Å². The zero-order valence-electron chi connectivity index (χ0n) is 12.4. The van der Waals surface area contributed by atoms with Crippen LogP contribution in [0.2, 0.25) is 0 Å². The maximum atomic E-state index is 12.7. The lowest BCUT2D eigenvalue weighted by atomic mass is 9.79. The van der Waals surface area contributed by atoms with E-state index in [0.717, 1.165) is 10.0 Å². The molecule has 0 radical (unpaired) electrons. The van der Waals surface area contributed by atoms with Gasteiger partial charge in [0.2, 0.25) is 5.91 Å². The fourth-order valence-corrected chi connectivity index (χ4v) is 3.12. The highest BCUT2D eigenvalue weighted by atomic mass is 79.9. The molecule has 21 heavy (non-hydrogen) atoms. The first-order valence-corrected chi connectivity index (χ1v) is 7.75. The van der Waals surface area contributed by atoms with Crippen molar-refractivity contribution in [2.24, 2.45) is 11.1 Å². The van der Waals surface area contributed by atoms with Gasteiger partial charge in [-0.3, -0.25) is 4.79 Å². The zero-order chi connectivity index (χ0) is 15.5. The monoisotopic (exact) mass is 356 g/mol. The molecule has 0 aliphatic carbocycles. The van der Waals surface area contributed by atoms with E-state index in [1.807, 2.05) is 19.1 Å². The van der Waals surface area contributed by atoms with Gasteiger partial charge in [0, 0.05) is 24.2 Å². The third-order valence-corrected chi connectivity index (χ3v) is 4.50. The van der Waals surface area contributed by atoms with E-state index in [1.54, 1.807) is 7.11 Å². The predicted octanol–water partition coefficient (Wildman–Crippen LogP) is 2.46. The van der Waals surface area contributed by atoms with Crippen molar-refractivity contribution < 1.29 is 14.3 Å². The molecule has 0 atom stereocenters. The van der Waals surface area contributed by atoms with E-state index in [9.17, 15) is 4.79 Å². The van der Waals surface area contributed by atoms with Crippen molar-refractivity contribution in [1.82, 2.24) is 0 Å². The van der Waals surface area contributed by atoms with Crippen LogP contribution >= 0.6 is 15.9 Å². The van der Waals surface area contributed by atoms with Gasteiger partial charge < -0.3 is 20.5 Å². The first-order valence-electron chi connectivity index (χ1n) is 6.96. The number of carbonyl (C=O) groups is 1. The van der Waals surface area contributed by atoms with Gasteiger partial charge in [0.05, 0.1) is 18.2 Å². The lowest BCUT2D eigenvalue weighted by molar-refractivity contribution is -0.130. The molecule has 0 bridgehead atoms. The van der Waals surface area contributed by atoms with Crippen molar-refractivity contribution in [2.45, 2.75) is 19.8 Å². The van der Waals surface area contributed by atoms with Crippen molar-refractivity contribution in [3.63, 3.8) is 0 Å². The maximum Gasteiger partial charge on any atom is 0.232 e. The molecule has 1 aliphatic heterocycles. The minimum atomic E-state index is -0.553. The first kappa shape index (κ1) is 16.3. The topological polar surface area (TPSA) is 73.6 Å². The van der Waals surface area contributed by atoms with Crippen LogP contribution in [0.3, 0.4) is 0 Å². The smallest absolute Gasteiger partial charge is 0.232 e. The predicted molar refractivity (Wildman–Crippen MR) is 85.6 cm³/mol. The zero-order valence-corrected chi connectivity index (χ0v) is 14.0. The van der Waals surface area contributed by atoms with Crippen LogP contribution in [0.4, 0.5) is 5.69 Å². The van der Waals surface area contributed by atoms with Gasteiger partial charge in [0.25, 0.3) is 0 Å². The normalized spacial score (nSPS) is 17.3. The number of nitrogens with one attached hydrogen (secondary N) is 1. The molecular weight excluding hydrogens is 336 g/mol. The Kier molecular flexibility index (Phi) is 5.24. The van der Waals surface area contributed by atoms with Gasteiger partial charge in [-0.15, -0.1) is 0 Å². The minimum Gasteiger partial charge on any atom is -0.495 e. The number of aryl methyl sites for hydroxylation is 1. The van der Waals surface area contributed by atoms with Crippen molar-refractivity contribution in [1.29, 1.82) is 0 Å².